The third-order valence-electron chi connectivity index (χ3n) is 2.35. The molecule has 0 fully saturated rings. The highest BCUT2D eigenvalue weighted by Gasteiger charge is 2.06. The summed E-state index contributed by atoms with van der Waals surface area (Å²) in [5, 5.41) is 13.1. The maximum absolute atomic E-state index is 5.89. The molecule has 0 aromatic carbocycles. The highest BCUT2D eigenvalue weighted by Crippen LogP contribution is 2.24. The molecule has 0 bridgehead atoms. The number of hydrogen-bond acceptors (Lipinski definition) is 4. The first kappa shape index (κ1) is 11.6. The molecule has 0 aliphatic heterocycles. The SMILES string of the molecule is CC(NCCn1ccnn1)c1csc(Cl)c1. The molecule has 2 rings (SSSR count). The third-order valence-corrected chi connectivity index (χ3v) is 3.46. The first-order chi connectivity index (χ1) is 7.75. The van der Waals surface area contributed by atoms with E-state index in [1.54, 1.807) is 22.2 Å². The summed E-state index contributed by atoms with van der Waals surface area (Å²) in [4.78, 5) is 0. The molecule has 0 amide bonds. The van der Waals surface area contributed by atoms with Crippen molar-refractivity contribution in [3.8, 4) is 0 Å². The van der Waals surface area contributed by atoms with Crippen LogP contribution in [0.4, 0.5) is 0 Å². The van der Waals surface area contributed by atoms with Gasteiger partial charge >= 0.3 is 0 Å². The molecule has 0 spiro atoms. The van der Waals surface area contributed by atoms with Crippen LogP contribution in [0.2, 0.25) is 4.34 Å². The van der Waals surface area contributed by atoms with Crippen molar-refractivity contribution in [2.75, 3.05) is 6.54 Å². The maximum Gasteiger partial charge on any atom is 0.0931 e. The zero-order chi connectivity index (χ0) is 11.4. The topological polar surface area (TPSA) is 42.7 Å². The third kappa shape index (κ3) is 3.04. The van der Waals surface area contributed by atoms with Crippen molar-refractivity contribution in [3.05, 3.63) is 33.7 Å². The molecular formula is C10H13ClN4S. The van der Waals surface area contributed by atoms with Crippen LogP contribution in [0.15, 0.2) is 23.8 Å². The normalized spacial score (nSPS) is 12.9. The maximum atomic E-state index is 5.89. The number of aromatic nitrogens is 3. The van der Waals surface area contributed by atoms with Crippen molar-refractivity contribution < 1.29 is 0 Å². The predicted molar refractivity (Wildman–Crippen MR) is 65.8 cm³/mol. The van der Waals surface area contributed by atoms with E-state index in [0.717, 1.165) is 17.4 Å². The summed E-state index contributed by atoms with van der Waals surface area (Å²) in [5.74, 6) is 0. The molecule has 0 saturated carbocycles. The van der Waals surface area contributed by atoms with Crippen molar-refractivity contribution in [2.45, 2.75) is 19.5 Å². The van der Waals surface area contributed by atoms with Gasteiger partial charge in [-0.05, 0) is 23.9 Å². The van der Waals surface area contributed by atoms with Crippen LogP contribution in [-0.2, 0) is 6.54 Å². The van der Waals surface area contributed by atoms with E-state index in [1.807, 2.05) is 12.3 Å². The van der Waals surface area contributed by atoms with Crippen LogP contribution < -0.4 is 5.32 Å². The van der Waals surface area contributed by atoms with Crippen LogP contribution >= 0.6 is 22.9 Å². The smallest absolute Gasteiger partial charge is 0.0931 e. The summed E-state index contributed by atoms with van der Waals surface area (Å²) in [6, 6.07) is 2.31. The zero-order valence-corrected chi connectivity index (χ0v) is 10.5. The lowest BCUT2D eigenvalue weighted by molar-refractivity contribution is 0.500. The van der Waals surface area contributed by atoms with Gasteiger partial charge in [0.15, 0.2) is 0 Å². The fourth-order valence-corrected chi connectivity index (χ4v) is 2.40. The summed E-state index contributed by atoms with van der Waals surface area (Å²) in [7, 11) is 0. The molecule has 1 N–H and O–H groups in total. The second kappa shape index (κ2) is 5.43. The second-order valence-corrected chi connectivity index (χ2v) is 5.07. The monoisotopic (exact) mass is 256 g/mol. The zero-order valence-electron chi connectivity index (χ0n) is 8.93. The molecule has 2 aromatic rings. The van der Waals surface area contributed by atoms with Crippen LogP contribution in [0.1, 0.15) is 18.5 Å². The molecule has 86 valence electrons. The van der Waals surface area contributed by atoms with Gasteiger partial charge in [0.2, 0.25) is 0 Å². The summed E-state index contributed by atoms with van der Waals surface area (Å²) < 4.78 is 2.64. The number of nitrogens with zero attached hydrogens (tertiary/aromatic N) is 3. The van der Waals surface area contributed by atoms with E-state index in [0.29, 0.717) is 6.04 Å². The van der Waals surface area contributed by atoms with Crippen LogP contribution in [0.25, 0.3) is 0 Å². The Morgan fingerprint density at radius 3 is 3.12 bits per heavy atom. The van der Waals surface area contributed by atoms with Gasteiger partial charge in [0.05, 0.1) is 17.1 Å². The van der Waals surface area contributed by atoms with E-state index in [2.05, 4.69) is 27.9 Å². The van der Waals surface area contributed by atoms with E-state index >= 15 is 0 Å². The Bertz CT molecular complexity index is 426. The molecular weight excluding hydrogens is 244 g/mol. The highest BCUT2D eigenvalue weighted by molar-refractivity contribution is 7.14. The van der Waals surface area contributed by atoms with Gasteiger partial charge in [-0.1, -0.05) is 16.8 Å². The van der Waals surface area contributed by atoms with Gasteiger partial charge in [-0.3, -0.25) is 4.68 Å². The van der Waals surface area contributed by atoms with Gasteiger partial charge in [0.25, 0.3) is 0 Å². The Balaban J connectivity index is 1.78. The van der Waals surface area contributed by atoms with E-state index in [1.165, 1.54) is 5.56 Å². The molecule has 1 atom stereocenters. The minimum Gasteiger partial charge on any atom is -0.308 e. The molecule has 0 radical (unpaired) electrons. The Morgan fingerprint density at radius 1 is 1.62 bits per heavy atom. The van der Waals surface area contributed by atoms with Gasteiger partial charge in [-0.25, -0.2) is 0 Å². The molecule has 6 heteroatoms. The summed E-state index contributed by atoms with van der Waals surface area (Å²) in [5.41, 5.74) is 1.23. The molecule has 4 nitrogen and oxygen atoms in total. The quantitative estimate of drug-likeness (QED) is 0.893. The van der Waals surface area contributed by atoms with E-state index in [9.17, 15) is 0 Å². The fourth-order valence-electron chi connectivity index (χ4n) is 1.42. The average Bonchev–Trinajstić information content (AvgIpc) is 2.89. The van der Waals surface area contributed by atoms with E-state index in [-0.39, 0.29) is 0 Å². The largest absolute Gasteiger partial charge is 0.308 e. The Morgan fingerprint density at radius 2 is 2.50 bits per heavy atom. The van der Waals surface area contributed by atoms with Crippen LogP contribution in [0, 0.1) is 0 Å². The van der Waals surface area contributed by atoms with Gasteiger partial charge in [-0.15, -0.1) is 16.4 Å². The number of hydrogen-bond donors (Lipinski definition) is 1. The lowest BCUT2D eigenvalue weighted by Gasteiger charge is -2.11. The minimum atomic E-state index is 0.312. The molecule has 2 heterocycles. The molecule has 1 unspecified atom stereocenters. The average molecular weight is 257 g/mol. The standard InChI is InChI=1S/C10H13ClN4S/c1-8(9-6-10(11)16-7-9)12-2-4-15-5-3-13-14-15/h3,5-8,12H,2,4H2,1H3. The van der Waals surface area contributed by atoms with Crippen molar-refractivity contribution in [3.63, 3.8) is 0 Å². The molecule has 0 aliphatic rings. The summed E-state index contributed by atoms with van der Waals surface area (Å²) >= 11 is 7.45. The van der Waals surface area contributed by atoms with Crippen molar-refractivity contribution in [1.29, 1.82) is 0 Å². The number of nitrogens with one attached hydrogen (secondary N) is 1. The van der Waals surface area contributed by atoms with Crippen molar-refractivity contribution in [2.24, 2.45) is 0 Å². The van der Waals surface area contributed by atoms with Gasteiger partial charge < -0.3 is 5.32 Å². The van der Waals surface area contributed by atoms with Crippen LogP contribution in [0.3, 0.4) is 0 Å². The van der Waals surface area contributed by atoms with Crippen molar-refractivity contribution in [1.82, 2.24) is 20.3 Å². The van der Waals surface area contributed by atoms with Crippen LogP contribution in [0.5, 0.6) is 0 Å². The van der Waals surface area contributed by atoms with Crippen LogP contribution in [-0.4, -0.2) is 21.5 Å². The summed E-state index contributed by atoms with van der Waals surface area (Å²) in [6.45, 7) is 3.81. The number of rotatable bonds is 5. The molecule has 2 aromatic heterocycles. The Labute approximate surface area is 103 Å². The molecule has 0 saturated heterocycles. The van der Waals surface area contributed by atoms with E-state index < -0.39 is 0 Å². The van der Waals surface area contributed by atoms with Gasteiger partial charge in [0.1, 0.15) is 0 Å². The lowest BCUT2D eigenvalue weighted by Crippen LogP contribution is -2.23. The fraction of sp³-hybridized carbons (Fsp3) is 0.400. The first-order valence-electron chi connectivity index (χ1n) is 5.07. The predicted octanol–water partition coefficient (Wildman–Crippen LogP) is 2.34. The number of halogens is 1. The van der Waals surface area contributed by atoms with E-state index in [4.69, 9.17) is 11.6 Å². The first-order valence-corrected chi connectivity index (χ1v) is 6.33. The second-order valence-electron chi connectivity index (χ2n) is 3.53. The summed E-state index contributed by atoms with van der Waals surface area (Å²) in [6.07, 6.45) is 3.54. The highest BCUT2D eigenvalue weighted by atomic mass is 35.5. The Hall–Kier alpha value is -0.910. The van der Waals surface area contributed by atoms with Gasteiger partial charge in [-0.2, -0.15) is 0 Å². The number of thiophene rings is 1. The molecule has 0 aliphatic carbocycles. The van der Waals surface area contributed by atoms with Gasteiger partial charge in [0, 0.05) is 18.8 Å². The van der Waals surface area contributed by atoms with Crippen molar-refractivity contribution >= 4 is 22.9 Å². The lowest BCUT2D eigenvalue weighted by atomic mass is 10.2. The Kier molecular flexibility index (Phi) is 3.93. The minimum absolute atomic E-state index is 0.312. The molecule has 16 heavy (non-hydrogen) atoms.